The van der Waals surface area contributed by atoms with Crippen molar-refractivity contribution in [2.75, 3.05) is 58.9 Å². The maximum atomic E-state index is 13.7. The summed E-state index contributed by atoms with van der Waals surface area (Å²) in [6, 6.07) is 3.73. The Bertz CT molecular complexity index is 875. The molecule has 2 aliphatic heterocycles. The lowest BCUT2D eigenvalue weighted by Gasteiger charge is -2.30. The molecule has 0 aliphatic carbocycles. The Morgan fingerprint density at radius 2 is 1.59 bits per heavy atom. The number of likely N-dealkylation sites (tertiary alicyclic amines) is 1. The number of nitrogens with zero attached hydrogens (tertiary/aromatic N) is 3. The van der Waals surface area contributed by atoms with E-state index >= 15 is 0 Å². The molecule has 0 spiro atoms. The molecule has 0 saturated carbocycles. The van der Waals surface area contributed by atoms with Crippen LogP contribution in [-0.4, -0.2) is 87.3 Å². The third-order valence-corrected chi connectivity index (χ3v) is 8.83. The first-order valence-electron chi connectivity index (χ1n) is 12.1. The molecule has 0 radical (unpaired) electrons. The second kappa shape index (κ2) is 11.6. The number of piperazine rings is 1. The fourth-order valence-electron chi connectivity index (χ4n) is 4.65. The van der Waals surface area contributed by atoms with Crippen molar-refractivity contribution in [3.05, 3.63) is 28.8 Å². The average Bonchev–Trinajstić information content (AvgIpc) is 2.79. The summed E-state index contributed by atoms with van der Waals surface area (Å²) in [4.78, 5) is 17.4. The zero-order valence-corrected chi connectivity index (χ0v) is 20.8. The lowest BCUT2D eigenvalue weighted by Crippen LogP contribution is -2.47. The fraction of sp³-hybridized carbons (Fsp3) is 0.708. The first kappa shape index (κ1) is 25.1. The number of carbonyl (C=O) groups excluding carboxylic acids is 1. The Hall–Kier alpha value is -1.48. The minimum absolute atomic E-state index is 0.0412. The largest absolute Gasteiger partial charge is 0.340 e. The van der Waals surface area contributed by atoms with Crippen molar-refractivity contribution in [2.24, 2.45) is 0 Å². The molecule has 8 heteroatoms. The number of hydrogen-bond acceptors (Lipinski definition) is 5. The highest BCUT2D eigenvalue weighted by Crippen LogP contribution is 2.24. The Morgan fingerprint density at radius 3 is 2.28 bits per heavy atom. The maximum absolute atomic E-state index is 13.7. The standard InChI is InChI=1S/C24H40N4O3S/c1-20-18-22(3)23(19-21(20)2)32(30,31)28(14-7-13-26-11-5-4-6-12-26)15-8-24(29)27-16-9-25-10-17-27/h18-19,25H,4-17H2,1-3H3. The van der Waals surface area contributed by atoms with E-state index in [-0.39, 0.29) is 18.9 Å². The zero-order chi connectivity index (χ0) is 23.1. The molecule has 0 bridgehead atoms. The predicted octanol–water partition coefficient (Wildman–Crippen LogP) is 2.30. The van der Waals surface area contributed by atoms with Gasteiger partial charge in [-0.1, -0.05) is 12.5 Å². The first-order chi connectivity index (χ1) is 15.3. The van der Waals surface area contributed by atoms with Gasteiger partial charge in [-0.15, -0.1) is 0 Å². The molecular formula is C24H40N4O3S. The van der Waals surface area contributed by atoms with E-state index in [4.69, 9.17) is 0 Å². The molecule has 2 heterocycles. The molecule has 0 aromatic heterocycles. The average molecular weight is 465 g/mol. The van der Waals surface area contributed by atoms with Gasteiger partial charge in [0.15, 0.2) is 0 Å². The smallest absolute Gasteiger partial charge is 0.243 e. The monoisotopic (exact) mass is 464 g/mol. The van der Waals surface area contributed by atoms with Crippen LogP contribution in [0, 0.1) is 20.8 Å². The molecule has 1 amide bonds. The molecule has 1 aromatic carbocycles. The van der Waals surface area contributed by atoms with Crippen molar-refractivity contribution in [2.45, 2.75) is 57.8 Å². The van der Waals surface area contributed by atoms with Crippen molar-refractivity contribution in [3.8, 4) is 0 Å². The normalized spacial score (nSPS) is 18.3. The van der Waals surface area contributed by atoms with Gasteiger partial charge in [0.25, 0.3) is 0 Å². The van der Waals surface area contributed by atoms with Gasteiger partial charge in [-0.05, 0) is 82.4 Å². The number of carbonyl (C=O) groups is 1. The van der Waals surface area contributed by atoms with E-state index in [9.17, 15) is 13.2 Å². The number of sulfonamides is 1. The van der Waals surface area contributed by atoms with E-state index in [0.717, 1.165) is 55.8 Å². The van der Waals surface area contributed by atoms with Crippen LogP contribution in [0.25, 0.3) is 0 Å². The summed E-state index contributed by atoms with van der Waals surface area (Å²) in [6.07, 6.45) is 4.75. The van der Waals surface area contributed by atoms with E-state index in [0.29, 0.717) is 24.5 Å². The van der Waals surface area contributed by atoms with Gasteiger partial charge in [-0.3, -0.25) is 4.79 Å². The van der Waals surface area contributed by atoms with Gasteiger partial charge >= 0.3 is 0 Å². The predicted molar refractivity (Wildman–Crippen MR) is 128 cm³/mol. The van der Waals surface area contributed by atoms with Crippen LogP contribution >= 0.6 is 0 Å². The molecule has 2 fully saturated rings. The molecule has 3 rings (SSSR count). The van der Waals surface area contributed by atoms with E-state index in [1.807, 2.05) is 31.7 Å². The van der Waals surface area contributed by atoms with Crippen LogP contribution in [0.5, 0.6) is 0 Å². The van der Waals surface area contributed by atoms with Gasteiger partial charge in [0.05, 0.1) is 4.90 Å². The van der Waals surface area contributed by atoms with Gasteiger partial charge in [-0.25, -0.2) is 8.42 Å². The Morgan fingerprint density at radius 1 is 0.938 bits per heavy atom. The zero-order valence-electron chi connectivity index (χ0n) is 20.0. The molecule has 0 atom stereocenters. The maximum Gasteiger partial charge on any atom is 0.243 e. The van der Waals surface area contributed by atoms with Crippen LogP contribution in [0.15, 0.2) is 17.0 Å². The van der Waals surface area contributed by atoms with Gasteiger partial charge in [-0.2, -0.15) is 4.31 Å². The van der Waals surface area contributed by atoms with Crippen LogP contribution in [0.4, 0.5) is 0 Å². The molecule has 0 unspecified atom stereocenters. The molecule has 32 heavy (non-hydrogen) atoms. The highest BCUT2D eigenvalue weighted by molar-refractivity contribution is 7.89. The van der Waals surface area contributed by atoms with Crippen LogP contribution in [0.1, 0.15) is 48.8 Å². The SMILES string of the molecule is Cc1cc(C)c(S(=O)(=O)N(CCCN2CCCCC2)CCC(=O)N2CCNCC2)cc1C. The van der Waals surface area contributed by atoms with Crippen LogP contribution in [-0.2, 0) is 14.8 Å². The van der Waals surface area contributed by atoms with Crippen LogP contribution < -0.4 is 5.32 Å². The van der Waals surface area contributed by atoms with Crippen LogP contribution in [0.2, 0.25) is 0 Å². The minimum Gasteiger partial charge on any atom is -0.340 e. The summed E-state index contributed by atoms with van der Waals surface area (Å²) in [5.74, 6) is 0.0412. The quantitative estimate of drug-likeness (QED) is 0.607. The van der Waals surface area contributed by atoms with Crippen molar-refractivity contribution in [1.29, 1.82) is 0 Å². The van der Waals surface area contributed by atoms with Crippen molar-refractivity contribution >= 4 is 15.9 Å². The number of piperidine rings is 1. The number of nitrogens with one attached hydrogen (secondary N) is 1. The van der Waals surface area contributed by atoms with Gasteiger partial charge in [0.1, 0.15) is 0 Å². The van der Waals surface area contributed by atoms with Crippen molar-refractivity contribution in [1.82, 2.24) is 19.4 Å². The number of aryl methyl sites for hydroxylation is 3. The second-order valence-corrected chi connectivity index (χ2v) is 11.1. The topological polar surface area (TPSA) is 73.0 Å². The van der Waals surface area contributed by atoms with E-state index in [2.05, 4.69) is 10.2 Å². The number of amides is 1. The Labute approximate surface area is 194 Å². The van der Waals surface area contributed by atoms with E-state index < -0.39 is 10.0 Å². The molecule has 1 aromatic rings. The van der Waals surface area contributed by atoms with Gasteiger partial charge in [0, 0.05) is 45.7 Å². The molecule has 7 nitrogen and oxygen atoms in total. The van der Waals surface area contributed by atoms with Gasteiger partial charge in [0.2, 0.25) is 15.9 Å². The number of hydrogen-bond donors (Lipinski definition) is 1. The molecule has 1 N–H and O–H groups in total. The van der Waals surface area contributed by atoms with Crippen molar-refractivity contribution < 1.29 is 13.2 Å². The third-order valence-electron chi connectivity index (χ3n) is 6.78. The second-order valence-electron chi connectivity index (χ2n) is 9.24. The summed E-state index contributed by atoms with van der Waals surface area (Å²) in [6.45, 7) is 12.6. The summed E-state index contributed by atoms with van der Waals surface area (Å²) >= 11 is 0. The first-order valence-corrected chi connectivity index (χ1v) is 13.5. The van der Waals surface area contributed by atoms with Crippen LogP contribution in [0.3, 0.4) is 0 Å². The highest BCUT2D eigenvalue weighted by atomic mass is 32.2. The molecule has 2 saturated heterocycles. The highest BCUT2D eigenvalue weighted by Gasteiger charge is 2.28. The summed E-state index contributed by atoms with van der Waals surface area (Å²) < 4.78 is 28.9. The van der Waals surface area contributed by atoms with E-state index in [1.54, 1.807) is 10.4 Å². The van der Waals surface area contributed by atoms with Gasteiger partial charge < -0.3 is 15.1 Å². The summed E-state index contributed by atoms with van der Waals surface area (Å²) in [5.41, 5.74) is 2.83. The molecule has 180 valence electrons. The Balaban J connectivity index is 1.72. The van der Waals surface area contributed by atoms with E-state index in [1.165, 1.54) is 19.3 Å². The summed E-state index contributed by atoms with van der Waals surface area (Å²) in [7, 11) is -3.67. The lowest BCUT2D eigenvalue weighted by atomic mass is 10.1. The number of benzene rings is 1. The molecule has 2 aliphatic rings. The summed E-state index contributed by atoms with van der Waals surface area (Å²) in [5, 5.41) is 3.25. The number of rotatable bonds is 9. The van der Waals surface area contributed by atoms with Crippen molar-refractivity contribution in [3.63, 3.8) is 0 Å². The third kappa shape index (κ3) is 6.53. The minimum atomic E-state index is -3.67. The Kier molecular flexibility index (Phi) is 9.11. The fourth-order valence-corrected chi connectivity index (χ4v) is 6.42. The molecular weight excluding hydrogens is 424 g/mol. The lowest BCUT2D eigenvalue weighted by molar-refractivity contribution is -0.131.